The molecule has 0 atom stereocenters. The summed E-state index contributed by atoms with van der Waals surface area (Å²) < 4.78 is 24.7. The van der Waals surface area contributed by atoms with E-state index in [-0.39, 0.29) is 29.5 Å². The van der Waals surface area contributed by atoms with E-state index in [0.29, 0.717) is 5.56 Å². The van der Waals surface area contributed by atoms with Crippen LogP contribution in [0, 0.1) is 0 Å². The standard InChI is InChI=1S/C8H8ClF2N.ClH/c9-6-3-1-2-5(4-12)7(6)8(10)11;/h1-3,8H,4,12H2;1H. The van der Waals surface area contributed by atoms with Gasteiger partial charge in [-0.05, 0) is 11.6 Å². The highest BCUT2D eigenvalue weighted by Gasteiger charge is 2.15. The summed E-state index contributed by atoms with van der Waals surface area (Å²) in [4.78, 5) is 0. The Morgan fingerprint density at radius 3 is 2.38 bits per heavy atom. The molecule has 0 saturated heterocycles. The van der Waals surface area contributed by atoms with Crippen LogP contribution in [0.15, 0.2) is 18.2 Å². The number of rotatable bonds is 2. The molecule has 0 radical (unpaired) electrons. The Balaban J connectivity index is 0.00000144. The number of alkyl halides is 2. The maximum atomic E-state index is 12.3. The van der Waals surface area contributed by atoms with Crippen molar-refractivity contribution in [2.45, 2.75) is 13.0 Å². The Bertz CT molecular complexity index is 279. The number of hydrogen-bond donors (Lipinski definition) is 1. The average molecular weight is 228 g/mol. The maximum absolute atomic E-state index is 12.3. The first-order chi connectivity index (χ1) is 5.66. The van der Waals surface area contributed by atoms with Gasteiger partial charge in [-0.2, -0.15) is 0 Å². The lowest BCUT2D eigenvalue weighted by atomic mass is 10.1. The lowest BCUT2D eigenvalue weighted by molar-refractivity contribution is 0.150. The van der Waals surface area contributed by atoms with E-state index in [0.717, 1.165) is 0 Å². The molecule has 0 aliphatic rings. The van der Waals surface area contributed by atoms with Crippen LogP contribution in [0.4, 0.5) is 8.78 Å². The van der Waals surface area contributed by atoms with E-state index in [2.05, 4.69) is 0 Å². The summed E-state index contributed by atoms with van der Waals surface area (Å²) in [5, 5.41) is 0.0768. The minimum absolute atomic E-state index is 0. The van der Waals surface area contributed by atoms with E-state index < -0.39 is 6.43 Å². The van der Waals surface area contributed by atoms with Gasteiger partial charge in [-0.3, -0.25) is 0 Å². The zero-order chi connectivity index (χ0) is 9.14. The molecule has 74 valence electrons. The van der Waals surface area contributed by atoms with Crippen molar-refractivity contribution in [1.82, 2.24) is 0 Å². The third-order valence-corrected chi connectivity index (χ3v) is 1.91. The average Bonchev–Trinajstić information content (AvgIpc) is 2.03. The summed E-state index contributed by atoms with van der Waals surface area (Å²) in [6.45, 7) is 0.0836. The van der Waals surface area contributed by atoms with E-state index in [9.17, 15) is 8.78 Å². The maximum Gasteiger partial charge on any atom is 0.265 e. The molecule has 5 heteroatoms. The fraction of sp³-hybridized carbons (Fsp3) is 0.250. The normalized spacial score (nSPS) is 9.92. The number of benzene rings is 1. The molecule has 1 rings (SSSR count). The van der Waals surface area contributed by atoms with Gasteiger partial charge in [0, 0.05) is 17.1 Å². The van der Waals surface area contributed by atoms with Gasteiger partial charge in [-0.15, -0.1) is 12.4 Å². The predicted molar refractivity (Wildman–Crippen MR) is 51.5 cm³/mol. The number of halogens is 4. The van der Waals surface area contributed by atoms with Crippen molar-refractivity contribution in [2.75, 3.05) is 0 Å². The number of nitrogens with two attached hydrogens (primary N) is 1. The molecule has 0 bridgehead atoms. The topological polar surface area (TPSA) is 26.0 Å². The van der Waals surface area contributed by atoms with Crippen molar-refractivity contribution in [3.05, 3.63) is 34.3 Å². The van der Waals surface area contributed by atoms with Crippen LogP contribution < -0.4 is 5.73 Å². The molecular formula is C8H9Cl2F2N. The van der Waals surface area contributed by atoms with Crippen molar-refractivity contribution in [3.8, 4) is 0 Å². The van der Waals surface area contributed by atoms with E-state index >= 15 is 0 Å². The first-order valence-corrected chi connectivity index (χ1v) is 3.80. The highest BCUT2D eigenvalue weighted by Crippen LogP contribution is 2.29. The van der Waals surface area contributed by atoms with Crippen LogP contribution in [-0.4, -0.2) is 0 Å². The zero-order valence-electron chi connectivity index (χ0n) is 6.64. The lowest BCUT2D eigenvalue weighted by Crippen LogP contribution is -2.02. The van der Waals surface area contributed by atoms with Crippen molar-refractivity contribution in [2.24, 2.45) is 5.73 Å². The smallest absolute Gasteiger partial charge is 0.265 e. The molecule has 0 aliphatic carbocycles. The highest BCUT2D eigenvalue weighted by atomic mass is 35.5. The Hall–Kier alpha value is -0.380. The second kappa shape index (κ2) is 5.37. The van der Waals surface area contributed by atoms with Crippen LogP contribution in [0.2, 0.25) is 5.02 Å². The van der Waals surface area contributed by atoms with Gasteiger partial charge in [0.15, 0.2) is 0 Å². The summed E-state index contributed by atoms with van der Waals surface area (Å²) in [7, 11) is 0. The van der Waals surface area contributed by atoms with E-state index in [1.807, 2.05) is 0 Å². The van der Waals surface area contributed by atoms with Gasteiger partial charge >= 0.3 is 0 Å². The molecule has 1 nitrogen and oxygen atoms in total. The summed E-state index contributed by atoms with van der Waals surface area (Å²) in [6, 6.07) is 4.59. The van der Waals surface area contributed by atoms with Gasteiger partial charge in [0.25, 0.3) is 6.43 Å². The SMILES string of the molecule is Cl.NCc1cccc(Cl)c1C(F)F. The minimum atomic E-state index is -2.56. The molecule has 1 aromatic rings. The van der Waals surface area contributed by atoms with Gasteiger partial charge in [0.05, 0.1) is 0 Å². The third kappa shape index (κ3) is 2.79. The molecule has 0 heterocycles. The summed E-state index contributed by atoms with van der Waals surface area (Å²) in [5.74, 6) is 0. The fourth-order valence-corrected chi connectivity index (χ4v) is 1.28. The van der Waals surface area contributed by atoms with Crippen LogP contribution in [-0.2, 0) is 6.54 Å². The number of hydrogen-bond acceptors (Lipinski definition) is 1. The van der Waals surface area contributed by atoms with Crippen molar-refractivity contribution < 1.29 is 8.78 Å². The summed E-state index contributed by atoms with van der Waals surface area (Å²) in [6.07, 6.45) is -2.56. The summed E-state index contributed by atoms with van der Waals surface area (Å²) in [5.41, 5.74) is 5.51. The quantitative estimate of drug-likeness (QED) is 0.826. The molecule has 0 fully saturated rings. The van der Waals surface area contributed by atoms with E-state index in [4.69, 9.17) is 17.3 Å². The van der Waals surface area contributed by atoms with Crippen LogP contribution in [0.25, 0.3) is 0 Å². The molecule has 0 saturated carbocycles. The molecule has 0 amide bonds. The van der Waals surface area contributed by atoms with Gasteiger partial charge in [0.1, 0.15) is 0 Å². The fourth-order valence-electron chi connectivity index (χ4n) is 1.00. The largest absolute Gasteiger partial charge is 0.326 e. The van der Waals surface area contributed by atoms with Crippen LogP contribution in [0.5, 0.6) is 0 Å². The monoisotopic (exact) mass is 227 g/mol. The third-order valence-electron chi connectivity index (χ3n) is 1.58. The molecule has 0 aromatic heterocycles. The van der Waals surface area contributed by atoms with Gasteiger partial charge < -0.3 is 5.73 Å². The van der Waals surface area contributed by atoms with Gasteiger partial charge in [-0.25, -0.2) is 8.78 Å². The lowest BCUT2D eigenvalue weighted by Gasteiger charge is -2.07. The molecule has 0 unspecified atom stereocenters. The molecule has 2 N–H and O–H groups in total. The Morgan fingerprint density at radius 1 is 1.38 bits per heavy atom. The second-order valence-corrected chi connectivity index (χ2v) is 2.72. The van der Waals surface area contributed by atoms with Crippen molar-refractivity contribution in [3.63, 3.8) is 0 Å². The molecule has 1 aromatic carbocycles. The van der Waals surface area contributed by atoms with Crippen molar-refractivity contribution in [1.29, 1.82) is 0 Å². The van der Waals surface area contributed by atoms with Gasteiger partial charge in [0.2, 0.25) is 0 Å². The van der Waals surface area contributed by atoms with Gasteiger partial charge in [-0.1, -0.05) is 23.7 Å². The molecular weight excluding hydrogens is 219 g/mol. The first-order valence-electron chi connectivity index (χ1n) is 3.42. The predicted octanol–water partition coefficient (Wildman–Crippen LogP) is 3.16. The van der Waals surface area contributed by atoms with Crippen LogP contribution in [0.1, 0.15) is 17.6 Å². The summed E-state index contributed by atoms with van der Waals surface area (Å²) >= 11 is 5.57. The highest BCUT2D eigenvalue weighted by molar-refractivity contribution is 6.31. The minimum Gasteiger partial charge on any atom is -0.326 e. The Kier molecular flexibility index (Phi) is 5.21. The molecule has 0 aliphatic heterocycles. The second-order valence-electron chi connectivity index (χ2n) is 2.32. The first kappa shape index (κ1) is 12.6. The van der Waals surface area contributed by atoms with Crippen molar-refractivity contribution >= 4 is 24.0 Å². The van der Waals surface area contributed by atoms with E-state index in [1.54, 1.807) is 12.1 Å². The molecule has 13 heavy (non-hydrogen) atoms. The Morgan fingerprint density at radius 2 is 2.00 bits per heavy atom. The Labute approximate surface area is 86.3 Å². The molecule has 0 spiro atoms. The van der Waals surface area contributed by atoms with Crippen LogP contribution in [0.3, 0.4) is 0 Å². The zero-order valence-corrected chi connectivity index (χ0v) is 8.21. The van der Waals surface area contributed by atoms with E-state index in [1.165, 1.54) is 6.07 Å². The van der Waals surface area contributed by atoms with Crippen LogP contribution >= 0.6 is 24.0 Å².